The first-order chi connectivity index (χ1) is 15.7. The predicted molar refractivity (Wildman–Crippen MR) is 121 cm³/mol. The molecule has 3 N–H and O–H groups in total. The summed E-state index contributed by atoms with van der Waals surface area (Å²) < 4.78 is 17.4. The van der Waals surface area contributed by atoms with Crippen LogP contribution in [0.4, 0.5) is 10.5 Å². The van der Waals surface area contributed by atoms with Crippen molar-refractivity contribution < 1.29 is 28.6 Å². The molecule has 2 aromatic carbocycles. The SMILES string of the molecule is CCCCOC(=O)OC12Oc3cc(C(C)C)ccc3C1(NC(C)=O)C(=O)c1c(N)cccc12. The minimum atomic E-state index is -2.00. The quantitative estimate of drug-likeness (QED) is 0.385. The summed E-state index contributed by atoms with van der Waals surface area (Å²) in [6.07, 6.45) is 0.477. The van der Waals surface area contributed by atoms with Crippen molar-refractivity contribution in [1.82, 2.24) is 5.32 Å². The van der Waals surface area contributed by atoms with Crippen LogP contribution in [0.5, 0.6) is 5.75 Å². The highest BCUT2D eigenvalue weighted by Crippen LogP contribution is 2.61. The maximum atomic E-state index is 14.0. The van der Waals surface area contributed by atoms with Crippen LogP contribution in [-0.4, -0.2) is 24.5 Å². The minimum Gasteiger partial charge on any atom is -0.445 e. The monoisotopic (exact) mass is 452 g/mol. The van der Waals surface area contributed by atoms with E-state index in [1.165, 1.54) is 6.92 Å². The summed E-state index contributed by atoms with van der Waals surface area (Å²) in [5.74, 6) is -2.47. The van der Waals surface area contributed by atoms with Crippen molar-refractivity contribution in [3.8, 4) is 5.75 Å². The molecule has 1 aliphatic carbocycles. The van der Waals surface area contributed by atoms with E-state index in [0.29, 0.717) is 17.7 Å². The number of amides is 1. The zero-order valence-electron chi connectivity index (χ0n) is 19.2. The molecule has 2 unspecified atom stereocenters. The van der Waals surface area contributed by atoms with Gasteiger partial charge in [0.05, 0.1) is 17.7 Å². The fraction of sp³-hybridized carbons (Fsp3) is 0.400. The summed E-state index contributed by atoms with van der Waals surface area (Å²) in [6.45, 7) is 7.46. The van der Waals surface area contributed by atoms with Crippen LogP contribution in [0.15, 0.2) is 36.4 Å². The average molecular weight is 453 g/mol. The number of rotatable bonds is 6. The van der Waals surface area contributed by atoms with E-state index in [9.17, 15) is 14.4 Å². The molecule has 0 saturated heterocycles. The Bertz CT molecular complexity index is 1140. The molecular weight excluding hydrogens is 424 g/mol. The molecule has 8 heteroatoms. The molecule has 0 radical (unpaired) electrons. The number of Topliss-reactive ketones (excluding diaryl/α,β-unsaturated/α-hetero) is 1. The highest BCUT2D eigenvalue weighted by Gasteiger charge is 2.75. The third-order valence-corrected chi connectivity index (χ3v) is 6.15. The molecule has 1 aliphatic heterocycles. The van der Waals surface area contributed by atoms with Gasteiger partial charge in [-0.1, -0.05) is 51.5 Å². The van der Waals surface area contributed by atoms with Crippen LogP contribution in [0.3, 0.4) is 0 Å². The highest BCUT2D eigenvalue weighted by molar-refractivity contribution is 6.15. The molecular formula is C25H28N2O6. The third kappa shape index (κ3) is 3.23. The predicted octanol–water partition coefficient (Wildman–Crippen LogP) is 4.12. The smallest absolute Gasteiger partial charge is 0.445 e. The lowest BCUT2D eigenvalue weighted by atomic mass is 9.82. The lowest BCUT2D eigenvalue weighted by Crippen LogP contribution is -2.61. The molecule has 1 heterocycles. The summed E-state index contributed by atoms with van der Waals surface area (Å²) in [4.78, 5) is 39.2. The second-order valence-electron chi connectivity index (χ2n) is 8.71. The average Bonchev–Trinajstić information content (AvgIpc) is 3.12. The summed E-state index contributed by atoms with van der Waals surface area (Å²) in [5, 5.41) is 2.76. The van der Waals surface area contributed by atoms with Crippen LogP contribution >= 0.6 is 0 Å². The van der Waals surface area contributed by atoms with Gasteiger partial charge in [0.15, 0.2) is 0 Å². The van der Waals surface area contributed by atoms with Gasteiger partial charge in [0.25, 0.3) is 0 Å². The van der Waals surface area contributed by atoms with E-state index < -0.39 is 29.2 Å². The molecule has 8 nitrogen and oxygen atoms in total. The Labute approximate surface area is 192 Å². The number of ether oxygens (including phenoxy) is 3. The van der Waals surface area contributed by atoms with Crippen LogP contribution in [0, 0.1) is 0 Å². The maximum absolute atomic E-state index is 14.0. The first kappa shape index (κ1) is 22.6. The molecule has 2 aliphatic rings. The van der Waals surface area contributed by atoms with Gasteiger partial charge in [-0.25, -0.2) is 4.79 Å². The van der Waals surface area contributed by atoms with Crippen LogP contribution in [0.1, 0.15) is 73.5 Å². The summed E-state index contributed by atoms with van der Waals surface area (Å²) in [7, 11) is 0. The van der Waals surface area contributed by atoms with E-state index in [-0.39, 0.29) is 29.3 Å². The van der Waals surface area contributed by atoms with Gasteiger partial charge >= 0.3 is 11.9 Å². The van der Waals surface area contributed by atoms with Gasteiger partial charge in [0.1, 0.15) is 5.75 Å². The van der Waals surface area contributed by atoms with Gasteiger partial charge in [-0.2, -0.15) is 0 Å². The molecule has 0 spiro atoms. The Balaban J connectivity index is 1.95. The number of unbranched alkanes of at least 4 members (excludes halogenated alkanes) is 1. The van der Waals surface area contributed by atoms with Crippen molar-refractivity contribution in [3.63, 3.8) is 0 Å². The Morgan fingerprint density at radius 2 is 1.94 bits per heavy atom. The lowest BCUT2D eigenvalue weighted by molar-refractivity contribution is -0.189. The number of nitrogens with two attached hydrogens (primary N) is 1. The molecule has 0 aromatic heterocycles. The molecule has 0 bridgehead atoms. The van der Waals surface area contributed by atoms with Gasteiger partial charge in [-0.15, -0.1) is 0 Å². The second kappa shape index (κ2) is 8.10. The number of fused-ring (bicyclic) bond motifs is 5. The number of benzene rings is 2. The standard InChI is InChI=1S/C25H28N2O6/c1-5-6-12-31-23(30)33-25-18-8-7-9-19(26)21(18)22(29)24(25,27-15(4)28)17-11-10-16(14(2)3)13-20(17)32-25/h7-11,13-14H,5-6,12,26H2,1-4H3,(H,27,28). The van der Waals surface area contributed by atoms with Gasteiger partial charge in [0.2, 0.25) is 17.2 Å². The first-order valence-electron chi connectivity index (χ1n) is 11.1. The zero-order valence-corrected chi connectivity index (χ0v) is 19.2. The largest absolute Gasteiger partial charge is 0.511 e. The molecule has 0 saturated carbocycles. The number of anilines is 1. The maximum Gasteiger partial charge on any atom is 0.511 e. The van der Waals surface area contributed by atoms with Gasteiger partial charge in [-0.3, -0.25) is 9.59 Å². The van der Waals surface area contributed by atoms with Gasteiger partial charge < -0.3 is 25.3 Å². The molecule has 0 fully saturated rings. The van der Waals surface area contributed by atoms with Crippen LogP contribution in [-0.2, 0) is 25.6 Å². The number of carbonyl (C=O) groups is 3. The van der Waals surface area contributed by atoms with E-state index in [0.717, 1.165) is 12.0 Å². The minimum absolute atomic E-state index is 0.145. The molecule has 174 valence electrons. The van der Waals surface area contributed by atoms with Gasteiger partial charge in [-0.05, 0) is 30.0 Å². The van der Waals surface area contributed by atoms with E-state index in [1.54, 1.807) is 30.3 Å². The van der Waals surface area contributed by atoms with Crippen molar-refractivity contribution in [2.24, 2.45) is 0 Å². The Morgan fingerprint density at radius 3 is 2.61 bits per heavy atom. The third-order valence-electron chi connectivity index (χ3n) is 6.15. The molecule has 33 heavy (non-hydrogen) atoms. The number of hydrogen-bond donors (Lipinski definition) is 2. The number of nitrogens with one attached hydrogen (secondary N) is 1. The lowest BCUT2D eigenvalue weighted by Gasteiger charge is -2.37. The van der Waals surface area contributed by atoms with Crippen LogP contribution < -0.4 is 15.8 Å². The van der Waals surface area contributed by atoms with Crippen molar-refractivity contribution in [1.29, 1.82) is 0 Å². The summed E-state index contributed by atoms with van der Waals surface area (Å²) >= 11 is 0. The number of hydrogen-bond acceptors (Lipinski definition) is 7. The molecule has 1 amide bonds. The molecule has 2 aromatic rings. The van der Waals surface area contributed by atoms with Crippen molar-refractivity contribution in [2.45, 2.75) is 57.8 Å². The number of nitrogen functional groups attached to an aromatic ring is 1. The van der Waals surface area contributed by atoms with E-state index in [2.05, 4.69) is 5.32 Å². The fourth-order valence-corrected chi connectivity index (χ4v) is 4.58. The topological polar surface area (TPSA) is 117 Å². The Hall–Kier alpha value is -3.55. The Morgan fingerprint density at radius 1 is 1.18 bits per heavy atom. The normalized spacial score (nSPS) is 22.3. The number of carbonyl (C=O) groups excluding carboxylic acids is 3. The fourth-order valence-electron chi connectivity index (χ4n) is 4.58. The van der Waals surface area contributed by atoms with Crippen molar-refractivity contribution >= 4 is 23.5 Å². The highest BCUT2D eigenvalue weighted by atomic mass is 16.8. The molecule has 4 rings (SSSR count). The van der Waals surface area contributed by atoms with E-state index in [4.69, 9.17) is 19.9 Å². The Kier molecular flexibility index (Phi) is 5.56. The summed E-state index contributed by atoms with van der Waals surface area (Å²) in [6, 6.07) is 10.2. The van der Waals surface area contributed by atoms with Crippen molar-refractivity contribution in [2.75, 3.05) is 12.3 Å². The van der Waals surface area contributed by atoms with Crippen LogP contribution in [0.25, 0.3) is 0 Å². The van der Waals surface area contributed by atoms with Gasteiger partial charge in [0, 0.05) is 18.2 Å². The molecule has 2 atom stereocenters. The van der Waals surface area contributed by atoms with Crippen molar-refractivity contribution in [3.05, 3.63) is 58.7 Å². The number of ketones is 1. The summed E-state index contributed by atoms with van der Waals surface area (Å²) in [5.41, 5.74) is 6.28. The van der Waals surface area contributed by atoms with E-state index in [1.807, 2.05) is 26.8 Å². The van der Waals surface area contributed by atoms with Crippen LogP contribution in [0.2, 0.25) is 0 Å². The second-order valence-corrected chi connectivity index (χ2v) is 8.71. The zero-order chi connectivity index (χ0) is 24.0. The van der Waals surface area contributed by atoms with E-state index >= 15 is 0 Å². The first-order valence-corrected chi connectivity index (χ1v) is 11.1.